The number of aromatic carboxylic acids is 1. The fraction of sp³-hybridized carbons (Fsp3) is 0. The molecule has 102 valence electrons. The molecule has 0 atom stereocenters. The molecular weight excluding hydrogens is 286 g/mol. The van der Waals surface area contributed by atoms with Crippen LogP contribution in [0.4, 0.5) is 5.69 Å². The molecule has 0 amide bonds. The second kappa shape index (κ2) is 5.53. The Labute approximate surface area is 115 Å². The number of nitro benzene ring substituents is 1. The van der Waals surface area contributed by atoms with E-state index in [2.05, 4.69) is 9.97 Å². The molecule has 2 N–H and O–H groups in total. The third-order valence-corrected chi connectivity index (χ3v) is 3.22. The molecule has 20 heavy (non-hydrogen) atoms. The second-order valence-electron chi connectivity index (χ2n) is 3.58. The number of carbonyl (C=O) groups is 1. The van der Waals surface area contributed by atoms with Gasteiger partial charge in [-0.3, -0.25) is 14.9 Å². The number of carboxylic acids is 1. The Morgan fingerprint density at radius 1 is 1.40 bits per heavy atom. The number of nitro groups is 1. The van der Waals surface area contributed by atoms with Gasteiger partial charge in [-0.2, -0.15) is 0 Å². The summed E-state index contributed by atoms with van der Waals surface area (Å²) in [7, 11) is 0. The van der Waals surface area contributed by atoms with Crippen molar-refractivity contribution in [3.05, 3.63) is 56.5 Å². The van der Waals surface area contributed by atoms with Gasteiger partial charge < -0.3 is 10.1 Å². The quantitative estimate of drug-likeness (QED) is 0.497. The summed E-state index contributed by atoms with van der Waals surface area (Å²) in [5.41, 5.74) is -0.743. The topological polar surface area (TPSA) is 126 Å². The molecule has 0 fully saturated rings. The first-order chi connectivity index (χ1) is 9.47. The molecule has 2 rings (SSSR count). The summed E-state index contributed by atoms with van der Waals surface area (Å²) in [5.74, 6) is -1.22. The van der Waals surface area contributed by atoms with Crippen molar-refractivity contribution in [3.63, 3.8) is 0 Å². The van der Waals surface area contributed by atoms with E-state index in [1.807, 2.05) is 0 Å². The minimum absolute atomic E-state index is 0.105. The van der Waals surface area contributed by atoms with Crippen molar-refractivity contribution in [1.82, 2.24) is 9.97 Å². The lowest BCUT2D eigenvalue weighted by Crippen LogP contribution is -2.06. The Morgan fingerprint density at radius 2 is 2.15 bits per heavy atom. The van der Waals surface area contributed by atoms with Crippen LogP contribution in [0, 0.1) is 10.1 Å². The Kier molecular flexibility index (Phi) is 3.80. The first kappa shape index (κ1) is 13.7. The van der Waals surface area contributed by atoms with Gasteiger partial charge in [0.1, 0.15) is 0 Å². The van der Waals surface area contributed by atoms with Gasteiger partial charge in [0.2, 0.25) is 0 Å². The summed E-state index contributed by atoms with van der Waals surface area (Å²) < 4.78 is 0. The number of aromatic nitrogens is 2. The summed E-state index contributed by atoms with van der Waals surface area (Å²) in [6.45, 7) is 0. The third kappa shape index (κ3) is 3.01. The number of carboxylic acid groups (broad SMARTS) is 1. The standard InChI is InChI=1S/C11H7N3O5S/c15-9-3-4-12-11(13-9)20-8-5-6(14(18)19)1-2-7(8)10(16)17/h1-5H,(H,16,17)(H,12,13,15). The van der Waals surface area contributed by atoms with E-state index >= 15 is 0 Å². The van der Waals surface area contributed by atoms with Crippen molar-refractivity contribution in [2.45, 2.75) is 10.1 Å². The predicted octanol–water partition coefficient (Wildman–Crippen LogP) is 1.53. The number of non-ortho nitro benzene ring substituents is 1. The molecule has 0 saturated carbocycles. The maximum atomic E-state index is 11.1. The molecule has 1 heterocycles. The van der Waals surface area contributed by atoms with E-state index < -0.39 is 16.5 Å². The summed E-state index contributed by atoms with van der Waals surface area (Å²) in [6.07, 6.45) is 1.26. The van der Waals surface area contributed by atoms with Gasteiger partial charge in [-0.1, -0.05) is 11.8 Å². The van der Waals surface area contributed by atoms with Crippen LogP contribution >= 0.6 is 11.8 Å². The maximum absolute atomic E-state index is 11.1. The lowest BCUT2D eigenvalue weighted by Gasteiger charge is -2.04. The number of aromatic amines is 1. The SMILES string of the molecule is O=C(O)c1ccc([N+](=O)[O-])cc1Sc1nccc(=O)[nH]1. The number of nitrogens with zero attached hydrogens (tertiary/aromatic N) is 2. The molecule has 1 aromatic carbocycles. The van der Waals surface area contributed by atoms with Gasteiger partial charge in [0.25, 0.3) is 11.2 Å². The van der Waals surface area contributed by atoms with Crippen molar-refractivity contribution >= 4 is 23.4 Å². The van der Waals surface area contributed by atoms with Gasteiger partial charge in [0, 0.05) is 29.3 Å². The smallest absolute Gasteiger partial charge is 0.336 e. The van der Waals surface area contributed by atoms with Crippen molar-refractivity contribution < 1.29 is 14.8 Å². The van der Waals surface area contributed by atoms with E-state index in [1.165, 1.54) is 12.3 Å². The van der Waals surface area contributed by atoms with Crippen LogP contribution in [0.2, 0.25) is 0 Å². The number of H-pyrrole nitrogens is 1. The van der Waals surface area contributed by atoms with Crippen molar-refractivity contribution in [2.24, 2.45) is 0 Å². The van der Waals surface area contributed by atoms with Crippen LogP contribution in [0.1, 0.15) is 10.4 Å². The molecular formula is C11H7N3O5S. The lowest BCUT2D eigenvalue weighted by molar-refractivity contribution is -0.385. The first-order valence-corrected chi connectivity index (χ1v) is 6.04. The third-order valence-electron chi connectivity index (χ3n) is 2.26. The molecule has 8 nitrogen and oxygen atoms in total. The zero-order chi connectivity index (χ0) is 14.7. The van der Waals surface area contributed by atoms with Crippen LogP contribution in [0.25, 0.3) is 0 Å². The minimum atomic E-state index is -1.22. The van der Waals surface area contributed by atoms with Gasteiger partial charge in [0.15, 0.2) is 5.16 Å². The fourth-order valence-electron chi connectivity index (χ4n) is 1.39. The number of benzene rings is 1. The van der Waals surface area contributed by atoms with Gasteiger partial charge in [0.05, 0.1) is 10.5 Å². The molecule has 1 aromatic heterocycles. The van der Waals surface area contributed by atoms with Crippen molar-refractivity contribution in [3.8, 4) is 0 Å². The minimum Gasteiger partial charge on any atom is -0.478 e. The van der Waals surface area contributed by atoms with Gasteiger partial charge in [-0.25, -0.2) is 9.78 Å². The number of hydrogen-bond donors (Lipinski definition) is 2. The van der Waals surface area contributed by atoms with Crippen LogP contribution < -0.4 is 5.56 Å². The molecule has 0 aliphatic carbocycles. The van der Waals surface area contributed by atoms with Crippen LogP contribution in [-0.2, 0) is 0 Å². The average Bonchev–Trinajstić information content (AvgIpc) is 2.38. The van der Waals surface area contributed by atoms with E-state index in [9.17, 15) is 19.7 Å². The Balaban J connectivity index is 2.47. The molecule has 0 aliphatic heterocycles. The Morgan fingerprint density at radius 3 is 2.75 bits per heavy atom. The monoisotopic (exact) mass is 293 g/mol. The van der Waals surface area contributed by atoms with Crippen molar-refractivity contribution in [2.75, 3.05) is 0 Å². The van der Waals surface area contributed by atoms with Crippen molar-refractivity contribution in [1.29, 1.82) is 0 Å². The largest absolute Gasteiger partial charge is 0.478 e. The van der Waals surface area contributed by atoms with Crippen LogP contribution in [0.5, 0.6) is 0 Å². The number of hydrogen-bond acceptors (Lipinski definition) is 6. The van der Waals surface area contributed by atoms with E-state index in [0.29, 0.717) is 0 Å². The highest BCUT2D eigenvalue weighted by molar-refractivity contribution is 7.99. The molecule has 0 aliphatic rings. The molecule has 0 saturated heterocycles. The molecule has 0 radical (unpaired) electrons. The second-order valence-corrected chi connectivity index (χ2v) is 4.61. The van der Waals surface area contributed by atoms with E-state index in [-0.39, 0.29) is 21.3 Å². The Hall–Kier alpha value is -2.68. The molecule has 0 unspecified atom stereocenters. The highest BCUT2D eigenvalue weighted by Gasteiger charge is 2.17. The van der Waals surface area contributed by atoms with Gasteiger partial charge in [-0.15, -0.1) is 0 Å². The highest BCUT2D eigenvalue weighted by atomic mass is 32.2. The predicted molar refractivity (Wildman–Crippen MR) is 69.0 cm³/mol. The molecule has 9 heteroatoms. The summed E-state index contributed by atoms with van der Waals surface area (Å²) in [6, 6.07) is 4.58. The van der Waals surface area contributed by atoms with E-state index in [0.717, 1.165) is 30.0 Å². The van der Waals surface area contributed by atoms with Crippen LogP contribution in [-0.4, -0.2) is 26.0 Å². The summed E-state index contributed by atoms with van der Waals surface area (Å²) >= 11 is 0.836. The zero-order valence-corrected chi connectivity index (χ0v) is 10.6. The summed E-state index contributed by atoms with van der Waals surface area (Å²) in [5, 5.41) is 19.9. The average molecular weight is 293 g/mol. The number of nitrogens with one attached hydrogen (secondary N) is 1. The number of rotatable bonds is 4. The summed E-state index contributed by atoms with van der Waals surface area (Å²) in [4.78, 5) is 38.7. The van der Waals surface area contributed by atoms with E-state index in [1.54, 1.807) is 0 Å². The van der Waals surface area contributed by atoms with Gasteiger partial charge >= 0.3 is 5.97 Å². The fourth-order valence-corrected chi connectivity index (χ4v) is 2.31. The zero-order valence-electron chi connectivity index (χ0n) is 9.77. The lowest BCUT2D eigenvalue weighted by atomic mass is 10.2. The molecule has 2 aromatic rings. The first-order valence-electron chi connectivity index (χ1n) is 5.22. The van der Waals surface area contributed by atoms with E-state index in [4.69, 9.17) is 5.11 Å². The van der Waals surface area contributed by atoms with Crippen LogP contribution in [0.15, 0.2) is 45.3 Å². The Bertz CT molecular complexity index is 743. The maximum Gasteiger partial charge on any atom is 0.336 e. The van der Waals surface area contributed by atoms with Gasteiger partial charge in [-0.05, 0) is 6.07 Å². The molecule has 0 spiro atoms. The highest BCUT2D eigenvalue weighted by Crippen LogP contribution is 2.30. The van der Waals surface area contributed by atoms with Crippen LogP contribution in [0.3, 0.4) is 0 Å². The normalized spacial score (nSPS) is 10.2. The molecule has 0 bridgehead atoms.